The van der Waals surface area contributed by atoms with Crippen LogP contribution in [-0.4, -0.2) is 43.7 Å². The molecule has 1 unspecified atom stereocenters. The lowest BCUT2D eigenvalue weighted by Gasteiger charge is -2.28. The number of amides is 1. The van der Waals surface area contributed by atoms with Crippen molar-refractivity contribution in [1.29, 1.82) is 0 Å². The monoisotopic (exact) mass is 591 g/mol. The van der Waals surface area contributed by atoms with Gasteiger partial charge in [0.15, 0.2) is 0 Å². The molecular weight excluding hydrogens is 562 g/mol. The molecule has 0 bridgehead atoms. The molecule has 0 fully saturated rings. The molecule has 39 heavy (non-hydrogen) atoms. The highest BCUT2D eigenvalue weighted by atomic mass is 79.9. The normalized spacial score (nSPS) is 11.9. The highest BCUT2D eigenvalue weighted by molar-refractivity contribution is 9.10. The van der Waals surface area contributed by atoms with Crippen LogP contribution < -0.4 is 4.90 Å². The summed E-state index contributed by atoms with van der Waals surface area (Å²) in [6, 6.07) is 17.4. The molecule has 9 heteroatoms. The van der Waals surface area contributed by atoms with Crippen molar-refractivity contribution in [3.05, 3.63) is 94.0 Å². The second-order valence-corrected chi connectivity index (χ2v) is 10.3. The van der Waals surface area contributed by atoms with Crippen LogP contribution in [0.1, 0.15) is 65.3 Å². The molecule has 0 saturated carbocycles. The summed E-state index contributed by atoms with van der Waals surface area (Å²) in [6.07, 6.45) is 3.98. The number of unbranched alkanes of at least 4 members (excludes halogenated alkanes) is 1. The molecular formula is C30H30BrN3O5. The fourth-order valence-corrected chi connectivity index (χ4v) is 5.24. The number of aliphatic carboxylic acids is 1. The first-order chi connectivity index (χ1) is 18.7. The van der Waals surface area contributed by atoms with Gasteiger partial charge >= 0.3 is 11.9 Å². The van der Waals surface area contributed by atoms with E-state index < -0.39 is 23.9 Å². The lowest BCUT2D eigenvalue weighted by Crippen LogP contribution is -2.40. The van der Waals surface area contributed by atoms with Gasteiger partial charge in [0.25, 0.3) is 5.91 Å². The Hall–Kier alpha value is -3.98. The number of hydrogen-bond donors (Lipinski definition) is 2. The Balaban J connectivity index is 1.77. The number of aromatic carboxylic acids is 1. The van der Waals surface area contributed by atoms with Crippen LogP contribution in [0.15, 0.2) is 71.3 Å². The van der Waals surface area contributed by atoms with Crippen molar-refractivity contribution in [2.75, 3.05) is 4.90 Å². The van der Waals surface area contributed by atoms with Crippen LogP contribution in [0, 0.1) is 0 Å². The molecule has 1 atom stereocenters. The zero-order chi connectivity index (χ0) is 28.1. The zero-order valence-corrected chi connectivity index (χ0v) is 23.4. The Morgan fingerprint density at radius 2 is 1.69 bits per heavy atom. The smallest absolute Gasteiger partial charge is 0.336 e. The van der Waals surface area contributed by atoms with E-state index in [0.717, 1.165) is 29.6 Å². The molecule has 1 amide bonds. The molecule has 0 aliphatic heterocycles. The van der Waals surface area contributed by atoms with Crippen LogP contribution in [0.25, 0.3) is 10.8 Å². The average Bonchev–Trinajstić information content (AvgIpc) is 3.30. The quantitative estimate of drug-likeness (QED) is 0.209. The van der Waals surface area contributed by atoms with Crippen LogP contribution in [0.3, 0.4) is 0 Å². The minimum atomic E-state index is -1.00. The van der Waals surface area contributed by atoms with Gasteiger partial charge in [0.05, 0.1) is 17.7 Å². The van der Waals surface area contributed by atoms with E-state index in [2.05, 4.69) is 22.9 Å². The summed E-state index contributed by atoms with van der Waals surface area (Å²) >= 11 is 3.50. The number of rotatable bonds is 11. The molecule has 1 aromatic heterocycles. The van der Waals surface area contributed by atoms with Gasteiger partial charge in [-0.3, -0.25) is 9.59 Å². The van der Waals surface area contributed by atoms with Crippen molar-refractivity contribution in [1.82, 2.24) is 9.55 Å². The van der Waals surface area contributed by atoms with E-state index in [-0.39, 0.29) is 17.7 Å². The minimum absolute atomic E-state index is 0.223. The summed E-state index contributed by atoms with van der Waals surface area (Å²) in [5, 5.41) is 20.6. The highest BCUT2D eigenvalue weighted by Gasteiger charge is 2.29. The van der Waals surface area contributed by atoms with E-state index in [0.29, 0.717) is 28.5 Å². The number of hydrogen-bond acceptors (Lipinski definition) is 4. The van der Waals surface area contributed by atoms with Gasteiger partial charge in [-0.15, -0.1) is 0 Å². The van der Waals surface area contributed by atoms with Crippen LogP contribution in [0.5, 0.6) is 0 Å². The predicted octanol–water partition coefficient (Wildman–Crippen LogP) is 6.40. The van der Waals surface area contributed by atoms with Gasteiger partial charge in [-0.1, -0.05) is 55.8 Å². The number of carbonyl (C=O) groups excluding carboxylic acids is 1. The lowest BCUT2D eigenvalue weighted by molar-refractivity contribution is -0.137. The number of nitrogens with zero attached hydrogens (tertiary/aromatic N) is 3. The molecule has 0 aliphatic carbocycles. The third-order valence-electron chi connectivity index (χ3n) is 6.66. The molecule has 202 valence electrons. The first-order valence-electron chi connectivity index (χ1n) is 12.8. The van der Waals surface area contributed by atoms with Gasteiger partial charge in [-0.2, -0.15) is 0 Å². The van der Waals surface area contributed by atoms with Crippen molar-refractivity contribution in [2.45, 2.75) is 52.1 Å². The second-order valence-electron chi connectivity index (χ2n) is 9.47. The standard InChI is InChI=1S/C30H30BrN3O5/c1-3-4-13-27-32-25(29(37)34(19(2)16-28(35)36)26-12-8-7-11-24(26)31)18-33(27)17-20-14-15-23(30(38)39)22-10-6-5-9-21(20)22/h5-12,14-15,18-19H,3-4,13,16-17H2,1-2H3,(H,35,36)(H,38,39). The molecule has 4 rings (SSSR count). The fourth-order valence-electron chi connectivity index (χ4n) is 4.76. The van der Waals surface area contributed by atoms with Crippen molar-refractivity contribution >= 4 is 50.2 Å². The van der Waals surface area contributed by atoms with Gasteiger partial charge in [0.1, 0.15) is 11.5 Å². The summed E-state index contributed by atoms with van der Waals surface area (Å²) in [4.78, 5) is 43.4. The predicted molar refractivity (Wildman–Crippen MR) is 154 cm³/mol. The van der Waals surface area contributed by atoms with Crippen LogP contribution in [0.2, 0.25) is 0 Å². The Kier molecular flexibility index (Phi) is 8.81. The number of carboxylic acid groups (broad SMARTS) is 2. The van der Waals surface area contributed by atoms with Gasteiger partial charge < -0.3 is 19.7 Å². The summed E-state index contributed by atoms with van der Waals surface area (Å²) in [5.41, 5.74) is 1.93. The lowest BCUT2D eigenvalue weighted by atomic mass is 9.99. The van der Waals surface area contributed by atoms with E-state index in [1.54, 1.807) is 49.5 Å². The maximum absolute atomic E-state index is 13.9. The first kappa shape index (κ1) is 28.0. The number of aryl methyl sites for hydroxylation is 1. The first-order valence-corrected chi connectivity index (χ1v) is 13.6. The largest absolute Gasteiger partial charge is 0.481 e. The molecule has 0 saturated heterocycles. The molecule has 2 N–H and O–H groups in total. The average molecular weight is 592 g/mol. The molecule has 4 aromatic rings. The van der Waals surface area contributed by atoms with Crippen molar-refractivity contribution in [2.24, 2.45) is 0 Å². The second kappa shape index (κ2) is 12.3. The third kappa shape index (κ3) is 6.20. The summed E-state index contributed by atoms with van der Waals surface area (Å²) in [5.74, 6) is -1.64. The van der Waals surface area contributed by atoms with E-state index in [9.17, 15) is 24.6 Å². The number of carboxylic acids is 2. The molecule has 1 heterocycles. The summed E-state index contributed by atoms with van der Waals surface area (Å²) < 4.78 is 2.61. The number of halogens is 1. The minimum Gasteiger partial charge on any atom is -0.481 e. The highest BCUT2D eigenvalue weighted by Crippen LogP contribution is 2.30. The van der Waals surface area contributed by atoms with Crippen LogP contribution in [0.4, 0.5) is 5.69 Å². The zero-order valence-electron chi connectivity index (χ0n) is 21.8. The summed E-state index contributed by atoms with van der Waals surface area (Å²) in [7, 11) is 0. The van der Waals surface area contributed by atoms with Gasteiger partial charge in [-0.25, -0.2) is 9.78 Å². The van der Waals surface area contributed by atoms with E-state index >= 15 is 0 Å². The molecule has 0 spiro atoms. The third-order valence-corrected chi connectivity index (χ3v) is 7.33. The number of benzene rings is 3. The van der Waals surface area contributed by atoms with Crippen molar-refractivity contribution in [3.8, 4) is 0 Å². The van der Waals surface area contributed by atoms with E-state index in [1.807, 2.05) is 28.8 Å². The number of imidazole rings is 1. The topological polar surface area (TPSA) is 113 Å². The van der Waals surface area contributed by atoms with Crippen molar-refractivity contribution < 1.29 is 24.6 Å². The SMILES string of the molecule is CCCCc1nc(C(=O)N(c2ccccc2Br)C(C)CC(=O)O)cn1Cc1ccc(C(=O)O)c2ccccc12. The Morgan fingerprint density at radius 1 is 1.00 bits per heavy atom. The molecule has 3 aromatic carbocycles. The van der Waals surface area contributed by atoms with E-state index in [1.165, 1.54) is 4.90 Å². The number of fused-ring (bicyclic) bond motifs is 1. The molecule has 0 aliphatic rings. The Morgan fingerprint density at radius 3 is 2.36 bits per heavy atom. The Bertz CT molecular complexity index is 1530. The van der Waals surface area contributed by atoms with Crippen LogP contribution >= 0.6 is 15.9 Å². The maximum Gasteiger partial charge on any atom is 0.336 e. The maximum atomic E-state index is 13.9. The number of carbonyl (C=O) groups is 3. The van der Waals surface area contributed by atoms with Crippen LogP contribution in [-0.2, 0) is 17.8 Å². The number of anilines is 1. The number of para-hydroxylation sites is 1. The molecule has 8 nitrogen and oxygen atoms in total. The number of aromatic nitrogens is 2. The van der Waals surface area contributed by atoms with Gasteiger partial charge in [0, 0.05) is 29.7 Å². The van der Waals surface area contributed by atoms with E-state index in [4.69, 9.17) is 4.98 Å². The summed E-state index contributed by atoms with van der Waals surface area (Å²) in [6.45, 7) is 4.19. The molecule has 0 radical (unpaired) electrons. The Labute approximate surface area is 235 Å². The van der Waals surface area contributed by atoms with Gasteiger partial charge in [0.2, 0.25) is 0 Å². The van der Waals surface area contributed by atoms with Gasteiger partial charge in [-0.05, 0) is 63.8 Å². The fraction of sp³-hybridized carbons (Fsp3) is 0.267. The van der Waals surface area contributed by atoms with Crippen molar-refractivity contribution in [3.63, 3.8) is 0 Å².